The van der Waals surface area contributed by atoms with Crippen LogP contribution in [0.3, 0.4) is 0 Å². The molecule has 1 aliphatic heterocycles. The highest BCUT2D eigenvalue weighted by Gasteiger charge is 2.36. The zero-order valence-electron chi connectivity index (χ0n) is 26.5. The van der Waals surface area contributed by atoms with E-state index in [1.54, 1.807) is 12.4 Å². The Morgan fingerprint density at radius 3 is 1.74 bits per heavy atom. The fourth-order valence-corrected chi connectivity index (χ4v) is 7.96. The summed E-state index contributed by atoms with van der Waals surface area (Å²) < 4.78 is 0. The minimum absolute atomic E-state index is 0.0692. The van der Waals surface area contributed by atoms with Gasteiger partial charge in [0.2, 0.25) is 0 Å². The second-order valence-corrected chi connectivity index (χ2v) is 13.2. The Morgan fingerprint density at radius 1 is 0.522 bits per heavy atom. The van der Waals surface area contributed by atoms with Crippen molar-refractivity contribution in [3.63, 3.8) is 0 Å². The lowest BCUT2D eigenvalue weighted by molar-refractivity contribution is 0.632. The van der Waals surface area contributed by atoms with Gasteiger partial charge in [0.15, 0.2) is 0 Å². The molecule has 1 aromatic heterocycles. The van der Waals surface area contributed by atoms with E-state index < -0.39 is 0 Å². The lowest BCUT2D eigenvalue weighted by atomic mass is 9.73. The van der Waals surface area contributed by atoms with Crippen molar-refractivity contribution in [1.29, 1.82) is 0 Å². The molecule has 46 heavy (non-hydrogen) atoms. The maximum absolute atomic E-state index is 4.67. The lowest BCUT2D eigenvalue weighted by Crippen LogP contribution is -2.30. The number of hydrogen-bond acceptors (Lipinski definition) is 3. The maximum atomic E-state index is 4.67. The third kappa shape index (κ3) is 3.72. The van der Waals surface area contributed by atoms with Crippen molar-refractivity contribution in [2.75, 3.05) is 4.90 Å². The van der Waals surface area contributed by atoms with Crippen LogP contribution in [0.2, 0.25) is 0 Å². The van der Waals surface area contributed by atoms with Crippen LogP contribution in [0.15, 0.2) is 128 Å². The fraction of sp³-hybridized carbons (Fsp3) is 0.116. The van der Waals surface area contributed by atoms with Gasteiger partial charge in [0.25, 0.3) is 0 Å². The number of anilines is 3. The van der Waals surface area contributed by atoms with E-state index in [1.165, 1.54) is 83.5 Å². The Bertz CT molecular complexity index is 2300. The van der Waals surface area contributed by atoms with Gasteiger partial charge in [-0.3, -0.25) is 9.97 Å². The smallest absolute Gasteiger partial charge is 0.0971 e. The Labute approximate surface area is 269 Å². The van der Waals surface area contributed by atoms with Crippen molar-refractivity contribution in [2.24, 2.45) is 0 Å². The molecular weight excluding hydrogens is 558 g/mol. The summed E-state index contributed by atoms with van der Waals surface area (Å²) in [5.41, 5.74) is 18.1. The molecule has 2 aliphatic rings. The van der Waals surface area contributed by atoms with E-state index >= 15 is 0 Å². The van der Waals surface area contributed by atoms with Gasteiger partial charge in [-0.1, -0.05) is 105 Å². The number of benzene rings is 6. The highest BCUT2D eigenvalue weighted by Crippen LogP contribution is 2.52. The molecule has 3 heteroatoms. The second kappa shape index (κ2) is 9.73. The molecule has 0 unspecified atom stereocenters. The van der Waals surface area contributed by atoms with Crippen molar-refractivity contribution in [2.45, 2.75) is 33.1 Å². The first kappa shape index (κ1) is 26.8. The molecule has 6 aromatic carbocycles. The largest absolute Gasteiger partial charge is 0.310 e. The predicted octanol–water partition coefficient (Wildman–Crippen LogP) is 11.3. The van der Waals surface area contributed by atoms with Gasteiger partial charge in [-0.05, 0) is 88.0 Å². The number of hydrogen-bond donors (Lipinski definition) is 0. The third-order valence-corrected chi connectivity index (χ3v) is 10.2. The number of para-hydroxylation sites is 2. The number of aromatic nitrogens is 2. The molecular formula is C43H33N3. The van der Waals surface area contributed by atoms with Gasteiger partial charge in [-0.25, -0.2) is 0 Å². The van der Waals surface area contributed by atoms with E-state index in [4.69, 9.17) is 0 Å². The van der Waals surface area contributed by atoms with Gasteiger partial charge < -0.3 is 4.90 Å². The molecule has 0 N–H and O–H groups in total. The van der Waals surface area contributed by atoms with Crippen LogP contribution in [0.4, 0.5) is 17.1 Å². The Balaban J connectivity index is 1.11. The summed E-state index contributed by atoms with van der Waals surface area (Å²) in [6, 6.07) is 42.5. The highest BCUT2D eigenvalue weighted by molar-refractivity contribution is 6.17. The molecule has 9 rings (SSSR count). The summed E-state index contributed by atoms with van der Waals surface area (Å²) in [4.78, 5) is 11.8. The van der Waals surface area contributed by atoms with E-state index in [0.717, 1.165) is 11.4 Å². The molecule has 0 fully saturated rings. The van der Waals surface area contributed by atoms with Crippen molar-refractivity contribution in [3.8, 4) is 44.8 Å². The molecule has 0 bridgehead atoms. The number of rotatable bonds is 3. The summed E-state index contributed by atoms with van der Waals surface area (Å²) in [5.74, 6) is 0. The molecule has 1 aliphatic carbocycles. The van der Waals surface area contributed by atoms with Crippen LogP contribution in [-0.4, -0.2) is 9.97 Å². The van der Waals surface area contributed by atoms with Crippen LogP contribution in [0, 0.1) is 13.8 Å². The molecule has 0 atom stereocenters. The SMILES string of the molecule is Cc1cc(-c2ccc3c4c(cccc24)-c2nccnc2-3)ccc1-c1ccc(N2c3ccccc3C(C)(C)c3ccccc32)cc1C. The molecule has 220 valence electrons. The van der Waals surface area contributed by atoms with E-state index in [0.29, 0.717) is 0 Å². The standard InChI is InChI=1S/C43H33N3/c1-26-24-28(32-20-21-35-40-33(32)10-9-11-34(40)41-42(35)45-23-22-44-41)16-18-30(26)31-19-17-29(25-27(31)2)46-38-14-7-5-12-36(38)43(3,4)37-13-6-8-15-39(37)46/h5-25H,1-4H3. The van der Waals surface area contributed by atoms with Gasteiger partial charge in [-0.15, -0.1) is 0 Å². The normalized spacial score (nSPS) is 13.8. The van der Waals surface area contributed by atoms with E-state index in [9.17, 15) is 0 Å². The number of nitrogens with zero attached hydrogens (tertiary/aromatic N) is 3. The average molecular weight is 592 g/mol. The predicted molar refractivity (Wildman–Crippen MR) is 191 cm³/mol. The lowest BCUT2D eigenvalue weighted by Gasteiger charge is -2.42. The maximum Gasteiger partial charge on any atom is 0.0971 e. The first-order valence-electron chi connectivity index (χ1n) is 16.0. The molecule has 0 saturated heterocycles. The molecule has 2 heterocycles. The summed E-state index contributed by atoms with van der Waals surface area (Å²) in [7, 11) is 0. The Kier molecular flexibility index (Phi) is 5.67. The number of aryl methyl sites for hydroxylation is 2. The second-order valence-electron chi connectivity index (χ2n) is 13.2. The Morgan fingerprint density at radius 2 is 1.09 bits per heavy atom. The van der Waals surface area contributed by atoms with Gasteiger partial charge in [0.05, 0.1) is 22.8 Å². The van der Waals surface area contributed by atoms with E-state index in [-0.39, 0.29) is 5.41 Å². The van der Waals surface area contributed by atoms with Crippen LogP contribution in [-0.2, 0) is 5.41 Å². The minimum Gasteiger partial charge on any atom is -0.310 e. The van der Waals surface area contributed by atoms with Gasteiger partial charge in [-0.2, -0.15) is 0 Å². The van der Waals surface area contributed by atoms with Crippen LogP contribution < -0.4 is 4.90 Å². The van der Waals surface area contributed by atoms with Crippen molar-refractivity contribution in [1.82, 2.24) is 9.97 Å². The fourth-order valence-electron chi connectivity index (χ4n) is 7.96. The summed E-state index contributed by atoms with van der Waals surface area (Å²) in [6.45, 7) is 9.13. The summed E-state index contributed by atoms with van der Waals surface area (Å²) in [5, 5.41) is 2.49. The topological polar surface area (TPSA) is 29.0 Å². The van der Waals surface area contributed by atoms with E-state index in [2.05, 4.69) is 158 Å². The van der Waals surface area contributed by atoms with Gasteiger partial charge in [0.1, 0.15) is 0 Å². The van der Waals surface area contributed by atoms with Crippen molar-refractivity contribution < 1.29 is 0 Å². The van der Waals surface area contributed by atoms with E-state index in [1.807, 2.05) is 0 Å². The molecule has 7 aromatic rings. The van der Waals surface area contributed by atoms with Crippen LogP contribution in [0.5, 0.6) is 0 Å². The number of fused-ring (bicyclic) bond motifs is 5. The average Bonchev–Trinajstić information content (AvgIpc) is 3.41. The third-order valence-electron chi connectivity index (χ3n) is 10.2. The molecule has 0 radical (unpaired) electrons. The van der Waals surface area contributed by atoms with Crippen LogP contribution in [0.1, 0.15) is 36.1 Å². The highest BCUT2D eigenvalue weighted by atomic mass is 15.2. The molecule has 0 saturated carbocycles. The monoisotopic (exact) mass is 591 g/mol. The van der Waals surface area contributed by atoms with Crippen molar-refractivity contribution >= 4 is 27.8 Å². The van der Waals surface area contributed by atoms with Crippen molar-refractivity contribution in [3.05, 3.63) is 150 Å². The molecule has 0 amide bonds. The summed E-state index contributed by atoms with van der Waals surface area (Å²) >= 11 is 0. The molecule has 0 spiro atoms. The molecule has 3 nitrogen and oxygen atoms in total. The first-order valence-corrected chi connectivity index (χ1v) is 16.0. The van der Waals surface area contributed by atoms with Gasteiger partial charge >= 0.3 is 0 Å². The summed E-state index contributed by atoms with van der Waals surface area (Å²) in [6.07, 6.45) is 3.57. The van der Waals surface area contributed by atoms with Crippen LogP contribution in [0.25, 0.3) is 55.5 Å². The quantitative estimate of drug-likeness (QED) is 0.205. The zero-order valence-corrected chi connectivity index (χ0v) is 26.5. The van der Waals surface area contributed by atoms with Crippen LogP contribution >= 0.6 is 0 Å². The Hall–Kier alpha value is -5.54. The van der Waals surface area contributed by atoms with Gasteiger partial charge in [0, 0.05) is 40.0 Å². The first-order chi connectivity index (χ1) is 22.4. The zero-order chi connectivity index (χ0) is 31.2. The minimum atomic E-state index is -0.0692.